The predicted molar refractivity (Wildman–Crippen MR) is 158 cm³/mol. The number of anilines is 1. The molecule has 0 atom stereocenters. The Kier molecular flexibility index (Phi) is 8.18. The van der Waals surface area contributed by atoms with Crippen LogP contribution in [0.3, 0.4) is 0 Å². The Labute approximate surface area is 237 Å². The van der Waals surface area contributed by atoms with Crippen molar-refractivity contribution in [3.05, 3.63) is 120 Å². The third-order valence-corrected chi connectivity index (χ3v) is 6.28. The van der Waals surface area contributed by atoms with Crippen LogP contribution in [0.4, 0.5) is 5.69 Å². The summed E-state index contributed by atoms with van der Waals surface area (Å²) in [6.07, 6.45) is 1.52. The molecule has 0 radical (unpaired) electrons. The molecule has 0 unspecified atom stereocenters. The lowest BCUT2D eigenvalue weighted by atomic mass is 10.1. The molecule has 1 aliphatic heterocycles. The normalized spacial score (nSPS) is 14.2. The highest BCUT2D eigenvalue weighted by atomic mass is 32.1. The smallest absolute Gasteiger partial charge is 0.270 e. The van der Waals surface area contributed by atoms with E-state index in [4.69, 9.17) is 26.4 Å². The number of carbonyl (C=O) groups excluding carboxylic acids is 2. The number of nitrogens with zero attached hydrogens (tertiary/aromatic N) is 1. The van der Waals surface area contributed by atoms with E-state index in [0.29, 0.717) is 47.5 Å². The lowest BCUT2D eigenvalue weighted by molar-refractivity contribution is -0.122. The number of benzene rings is 4. The number of hydrogen-bond acceptors (Lipinski definition) is 6. The molecule has 0 aromatic heterocycles. The third kappa shape index (κ3) is 6.19. The van der Waals surface area contributed by atoms with Crippen LogP contribution in [-0.2, 0) is 16.2 Å². The van der Waals surface area contributed by atoms with Crippen molar-refractivity contribution in [1.82, 2.24) is 5.32 Å². The number of thiocarbonyl (C=S) groups is 1. The Balaban J connectivity index is 1.36. The lowest BCUT2D eigenvalue weighted by Crippen LogP contribution is -2.54. The number of para-hydroxylation sites is 1. The van der Waals surface area contributed by atoms with Crippen LogP contribution in [0.15, 0.2) is 109 Å². The summed E-state index contributed by atoms with van der Waals surface area (Å²) in [5.74, 6) is 1.26. The zero-order valence-electron chi connectivity index (χ0n) is 21.7. The van der Waals surface area contributed by atoms with Gasteiger partial charge in [-0.2, -0.15) is 0 Å². The van der Waals surface area contributed by atoms with Gasteiger partial charge in [0, 0.05) is 0 Å². The topological polar surface area (TPSA) is 77.1 Å². The van der Waals surface area contributed by atoms with Crippen LogP contribution in [0.25, 0.3) is 6.08 Å². The van der Waals surface area contributed by atoms with E-state index in [1.165, 1.54) is 11.0 Å². The van der Waals surface area contributed by atoms with Crippen molar-refractivity contribution < 1.29 is 23.8 Å². The molecule has 0 spiro atoms. The van der Waals surface area contributed by atoms with Crippen LogP contribution < -0.4 is 24.4 Å². The van der Waals surface area contributed by atoms with Gasteiger partial charge in [0.15, 0.2) is 16.6 Å². The number of rotatable bonds is 9. The van der Waals surface area contributed by atoms with Gasteiger partial charge in [0.05, 0.1) is 12.3 Å². The van der Waals surface area contributed by atoms with Crippen molar-refractivity contribution >= 4 is 40.9 Å². The molecule has 1 saturated heterocycles. The van der Waals surface area contributed by atoms with E-state index in [1.807, 2.05) is 67.6 Å². The first-order valence-electron chi connectivity index (χ1n) is 12.7. The Bertz CT molecular complexity index is 1550. The highest BCUT2D eigenvalue weighted by Crippen LogP contribution is 2.31. The van der Waals surface area contributed by atoms with Gasteiger partial charge in [-0.05, 0) is 84.9 Å². The fourth-order valence-corrected chi connectivity index (χ4v) is 4.36. The molecule has 4 aromatic carbocycles. The van der Waals surface area contributed by atoms with Crippen LogP contribution in [0, 0.1) is 0 Å². The van der Waals surface area contributed by atoms with E-state index >= 15 is 0 Å². The van der Waals surface area contributed by atoms with E-state index in [1.54, 1.807) is 42.5 Å². The highest BCUT2D eigenvalue weighted by Gasteiger charge is 2.34. The first-order chi connectivity index (χ1) is 19.5. The van der Waals surface area contributed by atoms with Gasteiger partial charge < -0.3 is 14.2 Å². The molecular formula is C32H26N2O5S. The zero-order valence-corrected chi connectivity index (χ0v) is 22.5. The van der Waals surface area contributed by atoms with Crippen molar-refractivity contribution in [2.24, 2.45) is 0 Å². The van der Waals surface area contributed by atoms with Gasteiger partial charge in [0.25, 0.3) is 11.8 Å². The minimum absolute atomic E-state index is 0.00328. The molecule has 40 heavy (non-hydrogen) atoms. The van der Waals surface area contributed by atoms with Crippen molar-refractivity contribution in [1.29, 1.82) is 0 Å². The second-order valence-electron chi connectivity index (χ2n) is 8.78. The molecule has 7 nitrogen and oxygen atoms in total. The third-order valence-electron chi connectivity index (χ3n) is 5.99. The van der Waals surface area contributed by atoms with Gasteiger partial charge in [-0.15, -0.1) is 0 Å². The maximum Gasteiger partial charge on any atom is 0.270 e. The van der Waals surface area contributed by atoms with Crippen molar-refractivity contribution in [3.8, 4) is 23.0 Å². The minimum Gasteiger partial charge on any atom is -0.490 e. The Morgan fingerprint density at radius 2 is 1.48 bits per heavy atom. The van der Waals surface area contributed by atoms with Gasteiger partial charge in [-0.25, -0.2) is 0 Å². The number of carbonyl (C=O) groups is 2. The van der Waals surface area contributed by atoms with Crippen LogP contribution in [0.1, 0.15) is 18.1 Å². The standard InChI is InChI=1S/C32H26N2O5S/c1-2-37-29-20-23(13-18-28(29)38-21-22-9-5-3-6-10-22)19-27-30(35)33-32(40)34(31(27)36)24-14-16-26(17-15-24)39-25-11-7-4-8-12-25/h3-20H,2,21H2,1H3,(H,33,35,40). The van der Waals surface area contributed by atoms with E-state index in [2.05, 4.69) is 5.32 Å². The average Bonchev–Trinajstić information content (AvgIpc) is 2.97. The molecule has 2 amide bonds. The maximum absolute atomic E-state index is 13.5. The first-order valence-corrected chi connectivity index (χ1v) is 13.1. The van der Waals surface area contributed by atoms with Crippen LogP contribution >= 0.6 is 12.2 Å². The summed E-state index contributed by atoms with van der Waals surface area (Å²) in [5, 5.41) is 2.62. The van der Waals surface area contributed by atoms with Crippen molar-refractivity contribution in [2.75, 3.05) is 11.5 Å². The summed E-state index contributed by atoms with van der Waals surface area (Å²) in [4.78, 5) is 27.6. The average molecular weight is 551 g/mol. The number of hydrogen-bond donors (Lipinski definition) is 1. The van der Waals surface area contributed by atoms with Gasteiger partial charge in [0.2, 0.25) is 0 Å². The molecule has 1 heterocycles. The van der Waals surface area contributed by atoms with E-state index < -0.39 is 11.8 Å². The summed E-state index contributed by atoms with van der Waals surface area (Å²) in [5.41, 5.74) is 2.07. The minimum atomic E-state index is -0.572. The largest absolute Gasteiger partial charge is 0.490 e. The molecule has 8 heteroatoms. The summed E-state index contributed by atoms with van der Waals surface area (Å²) < 4.78 is 17.6. The van der Waals surface area contributed by atoms with Gasteiger partial charge in [-0.3, -0.25) is 19.8 Å². The number of nitrogens with one attached hydrogen (secondary N) is 1. The summed E-state index contributed by atoms with van der Waals surface area (Å²) in [6.45, 7) is 2.68. The maximum atomic E-state index is 13.5. The molecule has 1 N–H and O–H groups in total. The first kappa shape index (κ1) is 26.6. The Morgan fingerprint density at radius 1 is 0.800 bits per heavy atom. The molecule has 200 valence electrons. The molecule has 1 fully saturated rings. The van der Waals surface area contributed by atoms with Crippen LogP contribution in [-0.4, -0.2) is 23.5 Å². The second-order valence-corrected chi connectivity index (χ2v) is 9.17. The van der Waals surface area contributed by atoms with Crippen molar-refractivity contribution in [3.63, 3.8) is 0 Å². The molecule has 4 aromatic rings. The van der Waals surface area contributed by atoms with E-state index in [9.17, 15) is 9.59 Å². The SMILES string of the molecule is CCOc1cc(C=C2C(=O)NC(=S)N(c3ccc(Oc4ccccc4)cc3)C2=O)ccc1OCc1ccccc1. The molecular weight excluding hydrogens is 524 g/mol. The summed E-state index contributed by atoms with van der Waals surface area (Å²) >= 11 is 5.34. The molecule has 5 rings (SSSR count). The Hall–Kier alpha value is -4.95. The number of amides is 2. The summed E-state index contributed by atoms with van der Waals surface area (Å²) in [6, 6.07) is 31.3. The summed E-state index contributed by atoms with van der Waals surface area (Å²) in [7, 11) is 0. The Morgan fingerprint density at radius 3 is 2.17 bits per heavy atom. The van der Waals surface area contributed by atoms with E-state index in [0.717, 1.165) is 5.56 Å². The van der Waals surface area contributed by atoms with Gasteiger partial charge in [-0.1, -0.05) is 54.6 Å². The molecule has 1 aliphatic rings. The van der Waals surface area contributed by atoms with Gasteiger partial charge >= 0.3 is 0 Å². The lowest BCUT2D eigenvalue weighted by Gasteiger charge is -2.29. The van der Waals surface area contributed by atoms with E-state index in [-0.39, 0.29) is 10.7 Å². The molecule has 0 saturated carbocycles. The fraction of sp³-hybridized carbons (Fsp3) is 0.0938. The quantitative estimate of drug-likeness (QED) is 0.150. The zero-order chi connectivity index (χ0) is 27.9. The fourth-order valence-electron chi connectivity index (χ4n) is 4.08. The second kappa shape index (κ2) is 12.3. The van der Waals surface area contributed by atoms with Crippen molar-refractivity contribution in [2.45, 2.75) is 13.5 Å². The monoisotopic (exact) mass is 550 g/mol. The van der Waals surface area contributed by atoms with Crippen LogP contribution in [0.2, 0.25) is 0 Å². The highest BCUT2D eigenvalue weighted by molar-refractivity contribution is 7.80. The molecule has 0 aliphatic carbocycles. The predicted octanol–water partition coefficient (Wildman–Crippen LogP) is 6.29. The number of ether oxygens (including phenoxy) is 3. The molecule has 0 bridgehead atoms. The van der Waals surface area contributed by atoms with Gasteiger partial charge in [0.1, 0.15) is 23.7 Å². The van der Waals surface area contributed by atoms with Crippen LogP contribution in [0.5, 0.6) is 23.0 Å².